The van der Waals surface area contributed by atoms with Crippen LogP contribution in [0.15, 0.2) is 23.3 Å². The minimum absolute atomic E-state index is 0.144. The summed E-state index contributed by atoms with van der Waals surface area (Å²) < 4.78 is 15.3. The van der Waals surface area contributed by atoms with Crippen LogP contribution in [0.25, 0.3) is 0 Å². The van der Waals surface area contributed by atoms with Crippen LogP contribution in [-0.4, -0.2) is 38.2 Å². The Bertz CT molecular complexity index is 607. The smallest absolute Gasteiger partial charge is 0.324 e. The normalized spacial score (nSPS) is 20.3. The summed E-state index contributed by atoms with van der Waals surface area (Å²) in [6.45, 7) is 3.86. The van der Waals surface area contributed by atoms with E-state index >= 15 is 0 Å². The fourth-order valence-electron chi connectivity index (χ4n) is 3.39. The topological polar surface area (TPSA) is 78.9 Å². The van der Waals surface area contributed by atoms with E-state index in [4.69, 9.17) is 14.2 Å². The van der Waals surface area contributed by atoms with Crippen molar-refractivity contribution in [2.24, 2.45) is 11.3 Å². The minimum Gasteiger partial charge on any atom is -0.469 e. The number of methoxy groups -OCH3 is 1. The summed E-state index contributed by atoms with van der Waals surface area (Å²) in [6.07, 6.45) is 8.53. The molecule has 6 nitrogen and oxygen atoms in total. The zero-order valence-corrected chi connectivity index (χ0v) is 16.5. The van der Waals surface area contributed by atoms with E-state index in [0.717, 1.165) is 31.3 Å². The highest BCUT2D eigenvalue weighted by Gasteiger charge is 2.47. The van der Waals surface area contributed by atoms with Crippen LogP contribution in [0.1, 0.15) is 58.8 Å². The number of allylic oxidation sites excluding steroid dienone is 4. The predicted octanol–water partition coefficient (Wildman–Crippen LogP) is 3.50. The molecule has 0 spiro atoms. The summed E-state index contributed by atoms with van der Waals surface area (Å²) in [5.41, 5.74) is 0.965. The monoisotopic (exact) mass is 378 g/mol. The highest BCUT2D eigenvalue weighted by molar-refractivity contribution is 6.00. The van der Waals surface area contributed by atoms with E-state index in [2.05, 4.69) is 0 Å². The average molecular weight is 378 g/mol. The van der Waals surface area contributed by atoms with Gasteiger partial charge in [-0.15, -0.1) is 0 Å². The van der Waals surface area contributed by atoms with Crippen molar-refractivity contribution in [1.82, 2.24) is 0 Å². The van der Waals surface area contributed by atoms with Crippen LogP contribution in [-0.2, 0) is 28.6 Å². The van der Waals surface area contributed by atoms with E-state index in [1.807, 2.05) is 12.2 Å². The number of hydrogen-bond acceptors (Lipinski definition) is 6. The third-order valence-corrected chi connectivity index (χ3v) is 5.21. The number of rotatable bonds is 9. The van der Waals surface area contributed by atoms with Crippen LogP contribution in [0.3, 0.4) is 0 Å². The number of hydrogen-bond donors (Lipinski definition) is 0. The SMILES string of the molecule is CCOC(=O)C(CC=C1CC1)(C/C=C1\CCC(C(=O)OC)C1)C(=O)OCC. The van der Waals surface area contributed by atoms with Crippen LogP contribution in [0, 0.1) is 11.3 Å². The lowest BCUT2D eigenvalue weighted by Gasteiger charge is -2.27. The number of carbonyl (C=O) groups is 3. The number of ether oxygens (including phenoxy) is 3. The van der Waals surface area contributed by atoms with Gasteiger partial charge in [0.15, 0.2) is 5.41 Å². The molecule has 6 heteroatoms. The molecular formula is C21H30O6. The minimum atomic E-state index is -1.36. The molecular weight excluding hydrogens is 348 g/mol. The first-order valence-electron chi connectivity index (χ1n) is 9.74. The van der Waals surface area contributed by atoms with Crippen LogP contribution < -0.4 is 0 Å². The molecule has 0 heterocycles. The van der Waals surface area contributed by atoms with E-state index in [-0.39, 0.29) is 37.9 Å². The summed E-state index contributed by atoms with van der Waals surface area (Å²) in [7, 11) is 1.39. The Morgan fingerprint density at radius 3 is 2.00 bits per heavy atom. The molecule has 0 bridgehead atoms. The summed E-state index contributed by atoms with van der Waals surface area (Å²) in [5.74, 6) is -1.44. The molecule has 0 aromatic rings. The van der Waals surface area contributed by atoms with Crippen molar-refractivity contribution >= 4 is 17.9 Å². The van der Waals surface area contributed by atoms with Crippen molar-refractivity contribution in [3.05, 3.63) is 23.3 Å². The van der Waals surface area contributed by atoms with Gasteiger partial charge in [-0.25, -0.2) is 0 Å². The summed E-state index contributed by atoms with van der Waals surface area (Å²) in [6, 6.07) is 0. The Kier molecular flexibility index (Phi) is 7.63. The van der Waals surface area contributed by atoms with Crippen molar-refractivity contribution in [3.63, 3.8) is 0 Å². The maximum Gasteiger partial charge on any atom is 0.324 e. The molecule has 0 saturated heterocycles. The molecule has 2 fully saturated rings. The molecule has 150 valence electrons. The van der Waals surface area contributed by atoms with E-state index < -0.39 is 17.4 Å². The molecule has 0 radical (unpaired) electrons. The van der Waals surface area contributed by atoms with Crippen molar-refractivity contribution in [2.75, 3.05) is 20.3 Å². The van der Waals surface area contributed by atoms with E-state index in [1.54, 1.807) is 13.8 Å². The Labute approximate surface area is 160 Å². The second-order valence-corrected chi connectivity index (χ2v) is 7.12. The second-order valence-electron chi connectivity index (χ2n) is 7.12. The molecule has 27 heavy (non-hydrogen) atoms. The first-order valence-corrected chi connectivity index (χ1v) is 9.74. The maximum atomic E-state index is 12.8. The average Bonchev–Trinajstić information content (AvgIpc) is 3.37. The van der Waals surface area contributed by atoms with Gasteiger partial charge in [0.25, 0.3) is 0 Å². The molecule has 0 aromatic heterocycles. The highest BCUT2D eigenvalue weighted by Crippen LogP contribution is 2.38. The third-order valence-electron chi connectivity index (χ3n) is 5.21. The van der Waals surface area contributed by atoms with Gasteiger partial charge in [0, 0.05) is 0 Å². The van der Waals surface area contributed by atoms with Gasteiger partial charge in [-0.1, -0.05) is 23.3 Å². The van der Waals surface area contributed by atoms with Gasteiger partial charge in [-0.3, -0.25) is 14.4 Å². The van der Waals surface area contributed by atoms with Crippen LogP contribution in [0.4, 0.5) is 0 Å². The maximum absolute atomic E-state index is 12.8. The van der Waals surface area contributed by atoms with Crippen molar-refractivity contribution < 1.29 is 28.6 Å². The Morgan fingerprint density at radius 1 is 0.963 bits per heavy atom. The molecule has 2 saturated carbocycles. The Hall–Kier alpha value is -2.11. The number of esters is 3. The van der Waals surface area contributed by atoms with E-state index in [1.165, 1.54) is 12.7 Å². The lowest BCUT2D eigenvalue weighted by atomic mass is 9.80. The summed E-state index contributed by atoms with van der Waals surface area (Å²) in [4.78, 5) is 37.3. The highest BCUT2D eigenvalue weighted by atomic mass is 16.6. The van der Waals surface area contributed by atoms with Gasteiger partial charge in [0.1, 0.15) is 0 Å². The first-order chi connectivity index (χ1) is 13.0. The van der Waals surface area contributed by atoms with E-state index in [9.17, 15) is 14.4 Å². The quantitative estimate of drug-likeness (QED) is 0.264. The van der Waals surface area contributed by atoms with Gasteiger partial charge in [-0.05, 0) is 58.8 Å². The third kappa shape index (κ3) is 5.44. The fraction of sp³-hybridized carbons (Fsp3) is 0.667. The zero-order valence-electron chi connectivity index (χ0n) is 16.5. The van der Waals surface area contributed by atoms with Crippen molar-refractivity contribution in [1.29, 1.82) is 0 Å². The van der Waals surface area contributed by atoms with Crippen LogP contribution in [0.2, 0.25) is 0 Å². The largest absolute Gasteiger partial charge is 0.469 e. The molecule has 0 aliphatic heterocycles. The lowest BCUT2D eigenvalue weighted by Crippen LogP contribution is -2.41. The van der Waals surface area contributed by atoms with Gasteiger partial charge >= 0.3 is 17.9 Å². The molecule has 2 aliphatic rings. The second kappa shape index (κ2) is 9.72. The zero-order chi connectivity index (χ0) is 19.9. The molecule has 2 rings (SSSR count). The standard InChI is InChI=1S/C21H30O6/c1-4-26-19(23)21(20(24)27-5-2,12-10-15-6-7-15)13-11-16-8-9-17(14-16)18(22)25-3/h10-11,17H,4-9,12-14H2,1-3H3/b16-11+. The van der Waals surface area contributed by atoms with E-state index in [0.29, 0.717) is 6.42 Å². The predicted molar refractivity (Wildman–Crippen MR) is 99.7 cm³/mol. The van der Waals surface area contributed by atoms with Crippen LogP contribution in [0.5, 0.6) is 0 Å². The first kappa shape index (κ1) is 21.2. The number of carbonyl (C=O) groups excluding carboxylic acids is 3. The molecule has 0 amide bonds. The molecule has 1 atom stereocenters. The Morgan fingerprint density at radius 2 is 1.52 bits per heavy atom. The molecule has 1 unspecified atom stereocenters. The fourth-order valence-corrected chi connectivity index (χ4v) is 3.39. The Balaban J connectivity index is 2.22. The van der Waals surface area contributed by atoms with Gasteiger partial charge in [0.2, 0.25) is 0 Å². The molecule has 0 N–H and O–H groups in total. The van der Waals surface area contributed by atoms with Crippen LogP contribution >= 0.6 is 0 Å². The summed E-state index contributed by atoms with van der Waals surface area (Å²) >= 11 is 0. The lowest BCUT2D eigenvalue weighted by molar-refractivity contribution is -0.171. The van der Waals surface area contributed by atoms with Gasteiger partial charge in [-0.2, -0.15) is 0 Å². The van der Waals surface area contributed by atoms with Gasteiger partial charge < -0.3 is 14.2 Å². The summed E-state index contributed by atoms with van der Waals surface area (Å²) in [5, 5.41) is 0. The van der Waals surface area contributed by atoms with Gasteiger partial charge in [0.05, 0.1) is 26.2 Å². The molecule has 2 aliphatic carbocycles. The van der Waals surface area contributed by atoms with Crippen molar-refractivity contribution in [3.8, 4) is 0 Å². The molecule has 0 aromatic carbocycles. The van der Waals surface area contributed by atoms with Crippen molar-refractivity contribution in [2.45, 2.75) is 58.8 Å².